The van der Waals surface area contributed by atoms with E-state index in [-0.39, 0.29) is 6.04 Å². The van der Waals surface area contributed by atoms with Crippen LogP contribution in [0.3, 0.4) is 0 Å². The van der Waals surface area contributed by atoms with Gasteiger partial charge in [-0.1, -0.05) is 6.42 Å². The van der Waals surface area contributed by atoms with Gasteiger partial charge < -0.3 is 10.1 Å². The van der Waals surface area contributed by atoms with Crippen molar-refractivity contribution in [2.24, 2.45) is 0 Å². The lowest BCUT2D eigenvalue weighted by molar-refractivity contribution is 0.0922. The summed E-state index contributed by atoms with van der Waals surface area (Å²) in [7, 11) is 1.74. The molecule has 1 aliphatic rings. The molecule has 0 spiro atoms. The van der Waals surface area contributed by atoms with Gasteiger partial charge in [-0.15, -0.1) is 0 Å². The highest BCUT2D eigenvalue weighted by molar-refractivity contribution is 5.47. The van der Waals surface area contributed by atoms with Crippen LogP contribution in [0.1, 0.15) is 36.8 Å². The smallest absolute Gasteiger partial charge is 0.228 e. The Morgan fingerprint density at radius 2 is 2.08 bits per heavy atom. The van der Waals surface area contributed by atoms with Gasteiger partial charge in [-0.05, 0) is 32.4 Å². The average Bonchev–Trinajstić information content (AvgIpc) is 2.60. The van der Waals surface area contributed by atoms with Gasteiger partial charge in [-0.3, -0.25) is 4.90 Å². The molecule has 1 unspecified atom stereocenters. The van der Waals surface area contributed by atoms with E-state index in [2.05, 4.69) is 25.2 Å². The Balaban J connectivity index is 1.81. The molecule has 1 atom stereocenters. The van der Waals surface area contributed by atoms with Crippen LogP contribution in [-0.2, 0) is 4.74 Å². The monoisotopic (exact) mass is 328 g/mol. The fraction of sp³-hybridized carbons (Fsp3) is 0.529. The van der Waals surface area contributed by atoms with E-state index in [4.69, 9.17) is 9.72 Å². The first kappa shape index (κ1) is 16.7. The first-order valence-corrected chi connectivity index (χ1v) is 8.39. The quantitative estimate of drug-likeness (QED) is 0.873. The molecule has 0 aromatic carbocycles. The number of aryl methyl sites for hydroxylation is 1. The maximum absolute atomic E-state index is 5.24. The van der Waals surface area contributed by atoms with E-state index in [1.807, 2.05) is 13.0 Å². The lowest BCUT2D eigenvalue weighted by Crippen LogP contribution is -2.36. The largest absolute Gasteiger partial charge is 0.383 e. The lowest BCUT2D eigenvalue weighted by atomic mass is 10.0. The summed E-state index contributed by atoms with van der Waals surface area (Å²) in [6.07, 6.45) is 6.91. The summed E-state index contributed by atoms with van der Waals surface area (Å²) < 4.78 is 5.24. The van der Waals surface area contributed by atoms with Crippen LogP contribution in [0.2, 0.25) is 0 Å². The van der Waals surface area contributed by atoms with E-state index in [1.54, 1.807) is 25.6 Å². The van der Waals surface area contributed by atoms with Crippen molar-refractivity contribution in [3.8, 4) is 0 Å². The van der Waals surface area contributed by atoms with Crippen molar-refractivity contribution in [2.45, 2.75) is 32.2 Å². The van der Waals surface area contributed by atoms with E-state index >= 15 is 0 Å². The number of anilines is 2. The molecule has 2 aromatic rings. The summed E-state index contributed by atoms with van der Waals surface area (Å²) in [5.41, 5.74) is 0.940. The van der Waals surface area contributed by atoms with Gasteiger partial charge in [0, 0.05) is 37.8 Å². The van der Waals surface area contributed by atoms with E-state index in [9.17, 15) is 0 Å². The summed E-state index contributed by atoms with van der Waals surface area (Å²) in [5.74, 6) is 2.15. The highest BCUT2D eigenvalue weighted by Gasteiger charge is 2.26. The fourth-order valence-corrected chi connectivity index (χ4v) is 3.04. The number of hydrogen-bond donors (Lipinski definition) is 1. The van der Waals surface area contributed by atoms with Crippen molar-refractivity contribution in [1.29, 1.82) is 0 Å². The molecule has 3 rings (SSSR count). The van der Waals surface area contributed by atoms with Crippen LogP contribution < -0.4 is 5.32 Å². The van der Waals surface area contributed by atoms with Gasteiger partial charge in [-0.2, -0.15) is 0 Å². The first-order valence-electron chi connectivity index (χ1n) is 8.39. The van der Waals surface area contributed by atoms with Crippen molar-refractivity contribution in [1.82, 2.24) is 24.8 Å². The Morgan fingerprint density at radius 3 is 2.88 bits per heavy atom. The number of methoxy groups -OCH3 is 1. The molecule has 1 N–H and O–H groups in total. The molecule has 128 valence electrons. The van der Waals surface area contributed by atoms with Gasteiger partial charge in [0.2, 0.25) is 5.95 Å². The van der Waals surface area contributed by atoms with Gasteiger partial charge >= 0.3 is 0 Å². The molecule has 0 amide bonds. The Labute approximate surface area is 142 Å². The zero-order valence-electron chi connectivity index (χ0n) is 14.3. The van der Waals surface area contributed by atoms with Gasteiger partial charge in [0.25, 0.3) is 0 Å². The summed E-state index contributed by atoms with van der Waals surface area (Å²) >= 11 is 0. The zero-order valence-corrected chi connectivity index (χ0v) is 14.3. The van der Waals surface area contributed by atoms with Crippen molar-refractivity contribution < 1.29 is 4.74 Å². The number of hydrogen-bond acceptors (Lipinski definition) is 7. The van der Waals surface area contributed by atoms with Gasteiger partial charge in [0.15, 0.2) is 0 Å². The SMILES string of the molecule is COCCN1CCCCC1c1nc(C)cc(Nc2ncccn2)n1. The number of aromatic nitrogens is 4. The molecule has 0 radical (unpaired) electrons. The van der Waals surface area contributed by atoms with Crippen LogP contribution in [0, 0.1) is 6.92 Å². The van der Waals surface area contributed by atoms with E-state index in [1.165, 1.54) is 12.8 Å². The number of likely N-dealkylation sites (tertiary alicyclic amines) is 1. The topological polar surface area (TPSA) is 76.1 Å². The number of nitrogens with one attached hydrogen (secondary N) is 1. The summed E-state index contributed by atoms with van der Waals surface area (Å²) in [6.45, 7) is 4.69. The second-order valence-electron chi connectivity index (χ2n) is 5.99. The van der Waals surface area contributed by atoms with Crippen LogP contribution in [0.25, 0.3) is 0 Å². The third-order valence-corrected chi connectivity index (χ3v) is 4.17. The minimum absolute atomic E-state index is 0.242. The Bertz CT molecular complexity index is 651. The molecule has 0 saturated carbocycles. The molecule has 24 heavy (non-hydrogen) atoms. The van der Waals surface area contributed by atoms with Crippen LogP contribution in [0.4, 0.5) is 11.8 Å². The molecule has 7 nitrogen and oxygen atoms in total. The van der Waals surface area contributed by atoms with Crippen LogP contribution >= 0.6 is 0 Å². The van der Waals surface area contributed by atoms with Crippen LogP contribution in [0.5, 0.6) is 0 Å². The second kappa shape index (κ2) is 8.12. The molecule has 1 fully saturated rings. The number of piperidine rings is 1. The number of ether oxygens (including phenoxy) is 1. The molecule has 7 heteroatoms. The van der Waals surface area contributed by atoms with Crippen molar-refractivity contribution in [3.05, 3.63) is 36.0 Å². The van der Waals surface area contributed by atoms with Gasteiger partial charge in [0.05, 0.1) is 12.6 Å². The molecule has 1 aliphatic heterocycles. The Hall–Kier alpha value is -2.12. The number of nitrogens with zero attached hydrogens (tertiary/aromatic N) is 5. The van der Waals surface area contributed by atoms with Gasteiger partial charge in [0.1, 0.15) is 11.6 Å². The standard InChI is InChI=1S/C17H24N6O/c1-13-12-15(22-17-18-7-5-8-19-17)21-16(20-13)14-6-3-4-9-23(14)10-11-24-2/h5,7-8,12,14H,3-4,6,9-11H2,1-2H3,(H,18,19,20,21,22). The highest BCUT2D eigenvalue weighted by Crippen LogP contribution is 2.29. The minimum Gasteiger partial charge on any atom is -0.383 e. The summed E-state index contributed by atoms with van der Waals surface area (Å²) in [6, 6.07) is 3.95. The minimum atomic E-state index is 0.242. The third kappa shape index (κ3) is 4.24. The van der Waals surface area contributed by atoms with Crippen molar-refractivity contribution >= 4 is 11.8 Å². The Kier molecular flexibility index (Phi) is 5.66. The first-order chi connectivity index (χ1) is 11.8. The fourth-order valence-electron chi connectivity index (χ4n) is 3.04. The predicted molar refractivity (Wildman–Crippen MR) is 92.1 cm³/mol. The molecule has 0 aliphatic carbocycles. The summed E-state index contributed by atoms with van der Waals surface area (Å²) in [4.78, 5) is 20.2. The molecular weight excluding hydrogens is 304 g/mol. The van der Waals surface area contributed by atoms with Gasteiger partial charge in [-0.25, -0.2) is 19.9 Å². The predicted octanol–water partition coefficient (Wildman–Crippen LogP) is 2.49. The normalized spacial score (nSPS) is 18.5. The number of rotatable bonds is 6. The summed E-state index contributed by atoms with van der Waals surface area (Å²) in [5, 5.41) is 3.17. The van der Waals surface area contributed by atoms with E-state index in [0.717, 1.165) is 43.5 Å². The zero-order chi connectivity index (χ0) is 16.8. The van der Waals surface area contributed by atoms with Crippen molar-refractivity contribution in [2.75, 3.05) is 32.1 Å². The van der Waals surface area contributed by atoms with Crippen LogP contribution in [0.15, 0.2) is 24.5 Å². The average molecular weight is 328 g/mol. The van der Waals surface area contributed by atoms with Crippen molar-refractivity contribution in [3.63, 3.8) is 0 Å². The Morgan fingerprint density at radius 1 is 1.25 bits per heavy atom. The van der Waals surface area contributed by atoms with E-state index < -0.39 is 0 Å². The third-order valence-electron chi connectivity index (χ3n) is 4.17. The second-order valence-corrected chi connectivity index (χ2v) is 5.99. The maximum atomic E-state index is 5.24. The van der Waals surface area contributed by atoms with Crippen LogP contribution in [-0.4, -0.2) is 51.6 Å². The molecule has 1 saturated heterocycles. The lowest BCUT2D eigenvalue weighted by Gasteiger charge is -2.34. The molecular formula is C17H24N6O. The molecule has 2 aromatic heterocycles. The maximum Gasteiger partial charge on any atom is 0.228 e. The molecule has 3 heterocycles. The van der Waals surface area contributed by atoms with E-state index in [0.29, 0.717) is 5.95 Å². The highest BCUT2D eigenvalue weighted by atomic mass is 16.5. The molecule has 0 bridgehead atoms.